The van der Waals surface area contributed by atoms with E-state index in [1.807, 2.05) is 0 Å². The number of urea groups is 1. The largest absolute Gasteiger partial charge is 0.334 e. The summed E-state index contributed by atoms with van der Waals surface area (Å²) in [6.07, 6.45) is 0. The molecule has 0 saturated carbocycles. The Morgan fingerprint density at radius 2 is 1.67 bits per heavy atom. The minimum absolute atomic E-state index is 0.170. The van der Waals surface area contributed by atoms with E-state index in [1.165, 1.54) is 0 Å². The van der Waals surface area contributed by atoms with Gasteiger partial charge in [-0.1, -0.05) is 20.8 Å². The molecule has 1 aliphatic rings. The first-order valence-electron chi connectivity index (χ1n) is 4.58. The highest BCUT2D eigenvalue weighted by Gasteiger charge is 2.40. The van der Waals surface area contributed by atoms with Crippen LogP contribution in [0.3, 0.4) is 0 Å². The van der Waals surface area contributed by atoms with Crippen molar-refractivity contribution in [1.29, 1.82) is 0 Å². The Morgan fingerprint density at radius 1 is 1.20 bits per heavy atom. The van der Waals surface area contributed by atoms with Gasteiger partial charge in [0.25, 0.3) is 0 Å². The third-order valence-corrected chi connectivity index (χ3v) is 2.31. The molecular weight excluding hydrogens is 220 g/mol. The van der Waals surface area contributed by atoms with Gasteiger partial charge in [0.1, 0.15) is 0 Å². The summed E-state index contributed by atoms with van der Waals surface area (Å²) in [7, 11) is 0. The van der Waals surface area contributed by atoms with E-state index < -0.39 is 16.8 Å². The van der Waals surface area contributed by atoms with Gasteiger partial charge in [0.05, 0.1) is 0 Å². The Bertz CT molecular complexity index is 322. The molecule has 0 spiro atoms. The summed E-state index contributed by atoms with van der Waals surface area (Å²) in [4.78, 5) is 36.0. The number of carbonyl (C=O) groups is 3. The molecule has 0 aromatic heterocycles. The smallest absolute Gasteiger partial charge is 0.274 e. The van der Waals surface area contributed by atoms with Crippen molar-refractivity contribution in [2.24, 2.45) is 5.41 Å². The highest BCUT2D eigenvalue weighted by Crippen LogP contribution is 2.21. The van der Waals surface area contributed by atoms with Gasteiger partial charge >= 0.3 is 11.4 Å². The van der Waals surface area contributed by atoms with Crippen LogP contribution in [-0.2, 0) is 4.79 Å². The fourth-order valence-corrected chi connectivity index (χ4v) is 1.45. The van der Waals surface area contributed by atoms with Gasteiger partial charge in [-0.05, 0) is 11.6 Å². The van der Waals surface area contributed by atoms with Gasteiger partial charge < -0.3 is 0 Å². The first-order valence-corrected chi connectivity index (χ1v) is 4.96. The van der Waals surface area contributed by atoms with E-state index in [1.54, 1.807) is 20.8 Å². The third-order valence-electron chi connectivity index (χ3n) is 2.11. The molecule has 0 aliphatic carbocycles. The van der Waals surface area contributed by atoms with E-state index in [9.17, 15) is 14.4 Å². The van der Waals surface area contributed by atoms with Crippen LogP contribution in [-0.4, -0.2) is 40.2 Å². The zero-order valence-corrected chi connectivity index (χ0v) is 9.67. The van der Waals surface area contributed by atoms with Crippen molar-refractivity contribution in [3.63, 3.8) is 0 Å². The van der Waals surface area contributed by atoms with Gasteiger partial charge in [-0.25, -0.2) is 9.69 Å². The first kappa shape index (κ1) is 12.0. The molecule has 0 atom stereocenters. The first-order chi connectivity index (χ1) is 6.75. The van der Waals surface area contributed by atoms with Gasteiger partial charge in [-0.2, -0.15) is 0 Å². The average molecular weight is 233 g/mol. The lowest BCUT2D eigenvalue weighted by Crippen LogP contribution is -2.42. The fourth-order valence-electron chi connectivity index (χ4n) is 1.29. The maximum atomic E-state index is 11.8. The van der Waals surface area contributed by atoms with Crippen LogP contribution in [0.25, 0.3) is 0 Å². The molecule has 0 aromatic carbocycles. The number of hydrogen-bond donors (Lipinski definition) is 0. The molecule has 6 heteroatoms. The Balaban J connectivity index is 2.81. The second-order valence-corrected chi connectivity index (χ2v) is 4.72. The van der Waals surface area contributed by atoms with Crippen LogP contribution in [0.4, 0.5) is 9.59 Å². The van der Waals surface area contributed by atoms with E-state index in [0.29, 0.717) is 0 Å². The number of halogens is 1. The fraction of sp³-hybridized carbons (Fsp3) is 0.667. The van der Waals surface area contributed by atoms with Crippen LogP contribution in [0.2, 0.25) is 0 Å². The molecule has 5 nitrogen and oxygen atoms in total. The number of nitrogens with zero attached hydrogens (tertiary/aromatic N) is 2. The normalized spacial score (nSPS) is 17.2. The van der Waals surface area contributed by atoms with Gasteiger partial charge in [0, 0.05) is 18.5 Å². The second-order valence-electron chi connectivity index (χ2n) is 4.39. The molecular formula is C9H13ClN2O3. The van der Waals surface area contributed by atoms with Crippen molar-refractivity contribution in [3.8, 4) is 0 Å². The molecule has 1 fully saturated rings. The Kier molecular flexibility index (Phi) is 3.04. The molecule has 1 heterocycles. The Labute approximate surface area is 93.0 Å². The zero-order valence-electron chi connectivity index (χ0n) is 8.91. The van der Waals surface area contributed by atoms with Crippen molar-refractivity contribution in [3.05, 3.63) is 0 Å². The topological polar surface area (TPSA) is 57.7 Å². The number of imide groups is 2. The quantitative estimate of drug-likeness (QED) is 0.471. The van der Waals surface area contributed by atoms with Gasteiger partial charge in [-0.3, -0.25) is 14.5 Å². The summed E-state index contributed by atoms with van der Waals surface area (Å²) < 4.78 is 0. The van der Waals surface area contributed by atoms with E-state index in [2.05, 4.69) is 0 Å². The molecule has 4 amide bonds. The van der Waals surface area contributed by atoms with Crippen LogP contribution in [0.5, 0.6) is 0 Å². The lowest BCUT2D eigenvalue weighted by atomic mass is 9.95. The summed E-state index contributed by atoms with van der Waals surface area (Å²) in [5.41, 5.74) is -0.638. The van der Waals surface area contributed by atoms with Crippen LogP contribution >= 0.6 is 11.6 Å². The average Bonchev–Trinajstić information content (AvgIpc) is 2.44. The molecule has 1 saturated heterocycles. The number of rotatable bonds is 0. The number of amides is 4. The molecule has 0 N–H and O–H groups in total. The lowest BCUT2D eigenvalue weighted by Gasteiger charge is -2.23. The van der Waals surface area contributed by atoms with E-state index in [0.717, 1.165) is 9.80 Å². The van der Waals surface area contributed by atoms with Crippen molar-refractivity contribution in [2.75, 3.05) is 13.1 Å². The summed E-state index contributed by atoms with van der Waals surface area (Å²) >= 11 is 5.19. The summed E-state index contributed by atoms with van der Waals surface area (Å²) in [5, 5.41) is -0.843. The zero-order chi connectivity index (χ0) is 11.8. The maximum Gasteiger partial charge on any atom is 0.334 e. The van der Waals surface area contributed by atoms with Crippen molar-refractivity contribution >= 4 is 28.9 Å². The molecule has 0 radical (unpaired) electrons. The standard InChI is InChI=1S/C9H13ClN2O3/c1-9(2,3)6(13)11-4-5-12(7(10)14)8(11)15/h4-5H2,1-3H3. The summed E-state index contributed by atoms with van der Waals surface area (Å²) in [5.74, 6) is -0.298. The number of hydrogen-bond acceptors (Lipinski definition) is 3. The van der Waals surface area contributed by atoms with Gasteiger partial charge in [0.2, 0.25) is 5.91 Å². The lowest BCUT2D eigenvalue weighted by molar-refractivity contribution is -0.135. The van der Waals surface area contributed by atoms with Crippen molar-refractivity contribution < 1.29 is 14.4 Å². The molecule has 0 aromatic rings. The van der Waals surface area contributed by atoms with Crippen molar-refractivity contribution in [1.82, 2.24) is 9.80 Å². The maximum absolute atomic E-state index is 11.8. The van der Waals surface area contributed by atoms with Crippen LogP contribution in [0, 0.1) is 5.41 Å². The Hall–Kier alpha value is -1.10. The molecule has 1 aliphatic heterocycles. The van der Waals surface area contributed by atoms with Gasteiger partial charge in [0.15, 0.2) is 0 Å². The van der Waals surface area contributed by atoms with Crippen LogP contribution in [0.15, 0.2) is 0 Å². The van der Waals surface area contributed by atoms with Crippen molar-refractivity contribution in [2.45, 2.75) is 20.8 Å². The molecule has 1 rings (SSSR count). The van der Waals surface area contributed by atoms with Crippen LogP contribution < -0.4 is 0 Å². The molecule has 84 valence electrons. The van der Waals surface area contributed by atoms with Gasteiger partial charge in [-0.15, -0.1) is 0 Å². The van der Waals surface area contributed by atoms with Crippen LogP contribution in [0.1, 0.15) is 20.8 Å². The molecule has 0 bridgehead atoms. The van der Waals surface area contributed by atoms with E-state index in [4.69, 9.17) is 11.6 Å². The molecule has 15 heavy (non-hydrogen) atoms. The highest BCUT2D eigenvalue weighted by atomic mass is 35.5. The third kappa shape index (κ3) is 2.28. The summed E-state index contributed by atoms with van der Waals surface area (Å²) in [6.45, 7) is 5.53. The summed E-state index contributed by atoms with van der Waals surface area (Å²) in [6, 6.07) is -0.630. The predicted molar refractivity (Wildman–Crippen MR) is 54.5 cm³/mol. The number of carbonyl (C=O) groups excluding carboxylic acids is 3. The molecule has 0 unspecified atom stereocenters. The highest BCUT2D eigenvalue weighted by molar-refractivity contribution is 6.64. The SMILES string of the molecule is CC(C)(C)C(=O)N1CCN(C(=O)Cl)C1=O. The minimum Gasteiger partial charge on any atom is -0.274 e. The Morgan fingerprint density at radius 3 is 2.00 bits per heavy atom. The monoisotopic (exact) mass is 232 g/mol. The van der Waals surface area contributed by atoms with E-state index in [-0.39, 0.29) is 19.0 Å². The predicted octanol–water partition coefficient (Wildman–Crippen LogP) is 1.66. The second kappa shape index (κ2) is 3.81. The minimum atomic E-state index is -0.843. The van der Waals surface area contributed by atoms with E-state index >= 15 is 0 Å².